The summed E-state index contributed by atoms with van der Waals surface area (Å²) in [6.45, 7) is 8.58. The van der Waals surface area contributed by atoms with Crippen molar-refractivity contribution in [2.75, 3.05) is 13.2 Å². The van der Waals surface area contributed by atoms with Gasteiger partial charge < -0.3 is 9.47 Å². The number of carbonyl (C=O) groups is 2. The largest absolute Gasteiger partial charge is 0.463 e. The second kappa shape index (κ2) is 23.1. The fraction of sp³-hybridized carbons (Fsp3) is 0.778. The predicted molar refractivity (Wildman–Crippen MR) is 130 cm³/mol. The topological polar surface area (TPSA) is 52.6 Å². The van der Waals surface area contributed by atoms with Gasteiger partial charge in [0, 0.05) is 18.6 Å². The molecule has 0 spiro atoms. The number of hydrogen-bond donors (Lipinski definition) is 0. The van der Waals surface area contributed by atoms with Gasteiger partial charge in [-0.3, -0.25) is 0 Å². The quantitative estimate of drug-likeness (QED) is 0.0750. The summed E-state index contributed by atoms with van der Waals surface area (Å²) in [4.78, 5) is 23.0. The summed E-state index contributed by atoms with van der Waals surface area (Å²) in [5.74, 6) is -1.02. The molecule has 0 aromatic rings. The third-order valence-corrected chi connectivity index (χ3v) is 5.37. The van der Waals surface area contributed by atoms with Crippen LogP contribution in [0.15, 0.2) is 24.3 Å². The molecule has 4 nitrogen and oxygen atoms in total. The van der Waals surface area contributed by atoms with Gasteiger partial charge in [0.25, 0.3) is 0 Å². The lowest BCUT2D eigenvalue weighted by Gasteiger charge is -2.04. The maximum Gasteiger partial charge on any atom is 0.331 e. The standard InChI is InChI=1S/C27H48O4/c1-4-5-6-7-8-9-10-11-12-13-14-15-16-17-18-19-23-30-26(28)20-21-27(29)31-24-22-25(2)3/h20-21H,2,4-19,22-24H2,1,3H3/b21-20+. The zero-order valence-corrected chi connectivity index (χ0v) is 20.4. The van der Waals surface area contributed by atoms with E-state index in [2.05, 4.69) is 13.5 Å². The average Bonchev–Trinajstić information content (AvgIpc) is 2.74. The molecule has 180 valence electrons. The summed E-state index contributed by atoms with van der Waals surface area (Å²) in [6.07, 6.45) is 24.0. The second-order valence-corrected chi connectivity index (χ2v) is 8.68. The van der Waals surface area contributed by atoms with Crippen LogP contribution in [0, 0.1) is 0 Å². The molecule has 0 unspecified atom stereocenters. The molecule has 0 amide bonds. The first-order chi connectivity index (χ1) is 15.1. The molecule has 0 aromatic carbocycles. The molecule has 31 heavy (non-hydrogen) atoms. The number of esters is 2. The third-order valence-electron chi connectivity index (χ3n) is 5.37. The third kappa shape index (κ3) is 24.6. The van der Waals surface area contributed by atoms with Crippen molar-refractivity contribution >= 4 is 11.9 Å². The van der Waals surface area contributed by atoms with Crippen LogP contribution >= 0.6 is 0 Å². The maximum atomic E-state index is 11.6. The first kappa shape index (κ1) is 29.4. The monoisotopic (exact) mass is 436 g/mol. The van der Waals surface area contributed by atoms with E-state index in [4.69, 9.17) is 9.47 Å². The Morgan fingerprint density at radius 2 is 0.968 bits per heavy atom. The molecule has 0 aliphatic carbocycles. The Hall–Kier alpha value is -1.58. The van der Waals surface area contributed by atoms with E-state index in [0.717, 1.165) is 30.6 Å². The Morgan fingerprint density at radius 1 is 0.613 bits per heavy atom. The Labute approximate surface area is 191 Å². The molecule has 0 atom stereocenters. The van der Waals surface area contributed by atoms with E-state index in [-0.39, 0.29) is 6.61 Å². The summed E-state index contributed by atoms with van der Waals surface area (Å²) in [6, 6.07) is 0. The van der Waals surface area contributed by atoms with Gasteiger partial charge in [0.1, 0.15) is 0 Å². The highest BCUT2D eigenvalue weighted by Gasteiger charge is 2.01. The van der Waals surface area contributed by atoms with Gasteiger partial charge >= 0.3 is 11.9 Å². The molecule has 0 saturated heterocycles. The van der Waals surface area contributed by atoms with Crippen LogP contribution in [0.2, 0.25) is 0 Å². The van der Waals surface area contributed by atoms with Gasteiger partial charge in [-0.1, -0.05) is 109 Å². The van der Waals surface area contributed by atoms with Crippen LogP contribution in [0.3, 0.4) is 0 Å². The van der Waals surface area contributed by atoms with Gasteiger partial charge in [-0.25, -0.2) is 9.59 Å². The van der Waals surface area contributed by atoms with E-state index in [0.29, 0.717) is 13.0 Å². The van der Waals surface area contributed by atoms with E-state index < -0.39 is 11.9 Å². The average molecular weight is 437 g/mol. The highest BCUT2D eigenvalue weighted by Crippen LogP contribution is 2.13. The minimum Gasteiger partial charge on any atom is -0.463 e. The molecular weight excluding hydrogens is 388 g/mol. The zero-order valence-electron chi connectivity index (χ0n) is 20.4. The predicted octanol–water partition coefficient (Wildman–Crippen LogP) is 7.86. The zero-order chi connectivity index (χ0) is 23.0. The SMILES string of the molecule is C=C(C)CCOC(=O)/C=C/C(=O)OCCCCCCCCCCCCCCCCCC. The minimum atomic E-state index is -0.527. The molecule has 0 heterocycles. The summed E-state index contributed by atoms with van der Waals surface area (Å²) < 4.78 is 10.1. The van der Waals surface area contributed by atoms with Crippen LogP contribution in [0.1, 0.15) is 123 Å². The molecule has 0 aliphatic rings. The van der Waals surface area contributed by atoms with Crippen LogP contribution in [0.4, 0.5) is 0 Å². The van der Waals surface area contributed by atoms with Crippen molar-refractivity contribution in [3.8, 4) is 0 Å². The van der Waals surface area contributed by atoms with Gasteiger partial charge in [-0.2, -0.15) is 0 Å². The van der Waals surface area contributed by atoms with Crippen molar-refractivity contribution in [3.05, 3.63) is 24.3 Å². The first-order valence-corrected chi connectivity index (χ1v) is 12.7. The summed E-state index contributed by atoms with van der Waals surface area (Å²) in [5.41, 5.74) is 0.954. The van der Waals surface area contributed by atoms with Crippen LogP contribution in [-0.4, -0.2) is 25.2 Å². The Bertz CT molecular complexity index is 482. The number of ether oxygens (including phenoxy) is 2. The van der Waals surface area contributed by atoms with Crippen LogP contribution in [0.25, 0.3) is 0 Å². The van der Waals surface area contributed by atoms with Crippen molar-refractivity contribution < 1.29 is 19.1 Å². The highest BCUT2D eigenvalue weighted by atomic mass is 16.5. The molecule has 0 aromatic heterocycles. The Kier molecular flexibility index (Phi) is 21.9. The summed E-state index contributed by atoms with van der Waals surface area (Å²) >= 11 is 0. The first-order valence-electron chi connectivity index (χ1n) is 12.7. The van der Waals surface area contributed by atoms with Gasteiger partial charge in [0.2, 0.25) is 0 Å². The summed E-state index contributed by atoms with van der Waals surface area (Å²) in [7, 11) is 0. The molecule has 0 aliphatic heterocycles. The van der Waals surface area contributed by atoms with Crippen molar-refractivity contribution in [3.63, 3.8) is 0 Å². The van der Waals surface area contributed by atoms with E-state index >= 15 is 0 Å². The molecule has 0 N–H and O–H groups in total. The number of carbonyl (C=O) groups excluding carboxylic acids is 2. The fourth-order valence-electron chi connectivity index (χ4n) is 3.38. The number of hydrogen-bond acceptors (Lipinski definition) is 4. The molecule has 0 bridgehead atoms. The highest BCUT2D eigenvalue weighted by molar-refractivity contribution is 5.91. The fourth-order valence-corrected chi connectivity index (χ4v) is 3.38. The van der Waals surface area contributed by atoms with Crippen molar-refractivity contribution in [1.82, 2.24) is 0 Å². The van der Waals surface area contributed by atoms with E-state index in [9.17, 15) is 9.59 Å². The van der Waals surface area contributed by atoms with Gasteiger partial charge in [-0.05, 0) is 13.3 Å². The normalized spacial score (nSPS) is 11.0. The molecule has 0 rings (SSSR count). The molecule has 4 heteroatoms. The van der Waals surface area contributed by atoms with E-state index in [1.54, 1.807) is 0 Å². The summed E-state index contributed by atoms with van der Waals surface area (Å²) in [5, 5.41) is 0. The Morgan fingerprint density at radius 3 is 1.35 bits per heavy atom. The van der Waals surface area contributed by atoms with Gasteiger partial charge in [0.05, 0.1) is 13.2 Å². The second-order valence-electron chi connectivity index (χ2n) is 8.68. The van der Waals surface area contributed by atoms with E-state index in [1.165, 1.54) is 89.9 Å². The molecule has 0 radical (unpaired) electrons. The van der Waals surface area contributed by atoms with Gasteiger partial charge in [0.15, 0.2) is 0 Å². The molecule has 0 saturated carbocycles. The lowest BCUT2D eigenvalue weighted by molar-refractivity contribution is -0.140. The van der Waals surface area contributed by atoms with Crippen molar-refractivity contribution in [2.45, 2.75) is 123 Å². The van der Waals surface area contributed by atoms with Gasteiger partial charge in [-0.15, -0.1) is 6.58 Å². The maximum absolute atomic E-state index is 11.6. The minimum absolute atomic E-state index is 0.284. The molecule has 0 fully saturated rings. The van der Waals surface area contributed by atoms with Crippen molar-refractivity contribution in [2.24, 2.45) is 0 Å². The van der Waals surface area contributed by atoms with Crippen LogP contribution < -0.4 is 0 Å². The lowest BCUT2D eigenvalue weighted by atomic mass is 10.0. The number of unbranched alkanes of at least 4 members (excludes halogenated alkanes) is 15. The molecular formula is C27H48O4. The van der Waals surface area contributed by atoms with E-state index in [1.807, 2.05) is 6.92 Å². The van der Waals surface area contributed by atoms with Crippen molar-refractivity contribution in [1.29, 1.82) is 0 Å². The smallest absolute Gasteiger partial charge is 0.331 e. The number of rotatable bonds is 22. The Balaban J connectivity index is 3.31. The van der Waals surface area contributed by atoms with Crippen LogP contribution in [-0.2, 0) is 19.1 Å². The van der Waals surface area contributed by atoms with Crippen LogP contribution in [0.5, 0.6) is 0 Å². The lowest BCUT2D eigenvalue weighted by Crippen LogP contribution is -2.06.